The fourth-order valence-electron chi connectivity index (χ4n) is 2.45. The van der Waals surface area contributed by atoms with Crippen LogP contribution in [0, 0.1) is 0 Å². The first-order chi connectivity index (χ1) is 14.1. The number of carbonyl (C=O) groups excluding carboxylic acids is 1. The maximum Gasteiger partial charge on any atom is 0.330 e. The van der Waals surface area contributed by atoms with Crippen molar-refractivity contribution >= 4 is 16.7 Å². The number of fused-ring (bicyclic) bond motifs is 1. The van der Waals surface area contributed by atoms with E-state index in [-0.39, 0.29) is 12.9 Å². The number of hydrogen-bond acceptors (Lipinski definition) is 7. The zero-order chi connectivity index (χ0) is 20.9. The fourth-order valence-corrected chi connectivity index (χ4v) is 2.45. The number of benzene rings is 2. The second kappa shape index (κ2) is 12.8. The zero-order valence-electron chi connectivity index (χ0n) is 16.9. The molecule has 7 nitrogen and oxygen atoms in total. The molecule has 0 saturated carbocycles. The molecule has 1 atom stereocenters. The lowest BCUT2D eigenvalue weighted by molar-refractivity contribution is -0.139. The Morgan fingerprint density at radius 3 is 2.48 bits per heavy atom. The van der Waals surface area contributed by atoms with E-state index in [0.29, 0.717) is 33.0 Å². The predicted octanol–water partition coefficient (Wildman–Crippen LogP) is 3.35. The van der Waals surface area contributed by atoms with Crippen molar-refractivity contribution in [3.8, 4) is 11.5 Å². The largest absolute Gasteiger partial charge is 0.491 e. The lowest BCUT2D eigenvalue weighted by Crippen LogP contribution is -2.14. The highest BCUT2D eigenvalue weighted by atomic mass is 16.7. The Kier molecular flexibility index (Phi) is 9.99. The second-order valence-corrected chi connectivity index (χ2v) is 6.01. The number of methoxy groups -OCH3 is 1. The van der Waals surface area contributed by atoms with Crippen molar-refractivity contribution in [2.24, 2.45) is 0 Å². The molecule has 0 fully saturated rings. The van der Waals surface area contributed by atoms with Crippen LogP contribution < -0.4 is 9.47 Å². The van der Waals surface area contributed by atoms with E-state index in [1.54, 1.807) is 7.11 Å². The van der Waals surface area contributed by atoms with Gasteiger partial charge in [0, 0.05) is 18.6 Å². The third-order valence-corrected chi connectivity index (χ3v) is 3.94. The average molecular weight is 404 g/mol. The Balaban J connectivity index is 1.65. The van der Waals surface area contributed by atoms with Gasteiger partial charge in [0.25, 0.3) is 0 Å². The third-order valence-electron chi connectivity index (χ3n) is 3.94. The van der Waals surface area contributed by atoms with E-state index >= 15 is 0 Å². The first kappa shape index (κ1) is 22.7. The van der Waals surface area contributed by atoms with Crippen LogP contribution in [0.3, 0.4) is 0 Å². The van der Waals surface area contributed by atoms with Crippen molar-refractivity contribution in [1.82, 2.24) is 0 Å². The van der Waals surface area contributed by atoms with Gasteiger partial charge in [0.1, 0.15) is 24.7 Å². The van der Waals surface area contributed by atoms with Gasteiger partial charge in [-0.05, 0) is 36.6 Å². The van der Waals surface area contributed by atoms with Gasteiger partial charge in [-0.1, -0.05) is 18.7 Å². The van der Waals surface area contributed by atoms with Gasteiger partial charge < -0.3 is 28.4 Å². The third kappa shape index (κ3) is 8.11. The number of rotatable bonds is 14. The highest BCUT2D eigenvalue weighted by molar-refractivity contribution is 5.89. The molecule has 2 aromatic carbocycles. The molecule has 0 aliphatic rings. The highest BCUT2D eigenvalue weighted by Crippen LogP contribution is 2.29. The summed E-state index contributed by atoms with van der Waals surface area (Å²) in [6, 6.07) is 11.7. The minimum absolute atomic E-state index is 0.201. The van der Waals surface area contributed by atoms with Gasteiger partial charge in [-0.15, -0.1) is 0 Å². The normalized spacial score (nSPS) is 11.8. The minimum Gasteiger partial charge on any atom is -0.491 e. The molecule has 0 spiro atoms. The standard InChI is InChI=1S/C22H28O7/c1-4-22(23)28-15-13-26-11-10-25-12-14-27-19-8-9-20-18(16-19)6-5-7-21(20)29-17(2)24-3/h4-9,16-17H,1,10-15H2,2-3H3. The first-order valence-corrected chi connectivity index (χ1v) is 9.43. The molecule has 7 heteroatoms. The number of carbonyl (C=O) groups is 1. The van der Waals surface area contributed by atoms with Gasteiger partial charge in [-0.3, -0.25) is 0 Å². The molecule has 0 amide bonds. The summed E-state index contributed by atoms with van der Waals surface area (Å²) >= 11 is 0. The van der Waals surface area contributed by atoms with Crippen LogP contribution in [0.4, 0.5) is 0 Å². The van der Waals surface area contributed by atoms with Crippen molar-refractivity contribution in [2.45, 2.75) is 13.2 Å². The summed E-state index contributed by atoms with van der Waals surface area (Å²) in [5.41, 5.74) is 0. The molecule has 158 valence electrons. The van der Waals surface area contributed by atoms with Crippen molar-refractivity contribution < 1.29 is 33.2 Å². The molecular weight excluding hydrogens is 376 g/mol. The molecule has 0 bridgehead atoms. The molecular formula is C22H28O7. The maximum atomic E-state index is 10.8. The number of hydrogen-bond donors (Lipinski definition) is 0. The Labute approximate surface area is 171 Å². The molecule has 29 heavy (non-hydrogen) atoms. The Hall–Kier alpha value is -2.61. The maximum absolute atomic E-state index is 10.8. The Morgan fingerprint density at radius 1 is 1.03 bits per heavy atom. The molecule has 0 aromatic heterocycles. The number of esters is 1. The monoisotopic (exact) mass is 404 g/mol. The SMILES string of the molecule is C=CC(=O)OCCOCCOCCOc1ccc2c(OC(C)OC)cccc2c1. The van der Waals surface area contributed by atoms with Crippen LogP contribution in [0.5, 0.6) is 11.5 Å². The first-order valence-electron chi connectivity index (χ1n) is 9.43. The fraction of sp³-hybridized carbons (Fsp3) is 0.409. The summed E-state index contributed by atoms with van der Waals surface area (Å²) in [5.74, 6) is 1.08. The smallest absolute Gasteiger partial charge is 0.330 e. The molecule has 2 aromatic rings. The quantitative estimate of drug-likeness (QED) is 0.207. The van der Waals surface area contributed by atoms with Gasteiger partial charge >= 0.3 is 5.97 Å². The summed E-state index contributed by atoms with van der Waals surface area (Å²) in [4.78, 5) is 10.8. The highest BCUT2D eigenvalue weighted by Gasteiger charge is 2.07. The van der Waals surface area contributed by atoms with Crippen LogP contribution in [0.15, 0.2) is 49.1 Å². The predicted molar refractivity (Wildman–Crippen MR) is 109 cm³/mol. The molecule has 0 aliphatic heterocycles. The van der Waals surface area contributed by atoms with Crippen LogP contribution in [-0.4, -0.2) is 59.0 Å². The van der Waals surface area contributed by atoms with Gasteiger partial charge in [0.2, 0.25) is 0 Å². The van der Waals surface area contributed by atoms with Crippen molar-refractivity contribution in [2.75, 3.05) is 46.8 Å². The minimum atomic E-state index is -0.455. The van der Waals surface area contributed by atoms with Gasteiger partial charge in [0.05, 0.1) is 26.4 Å². The van der Waals surface area contributed by atoms with E-state index in [4.69, 9.17) is 28.4 Å². The van der Waals surface area contributed by atoms with E-state index in [1.807, 2.05) is 43.3 Å². The molecule has 2 rings (SSSR count). The lowest BCUT2D eigenvalue weighted by Gasteiger charge is -2.15. The number of ether oxygens (including phenoxy) is 6. The summed E-state index contributed by atoms with van der Waals surface area (Å²) in [6.45, 7) is 7.42. The van der Waals surface area contributed by atoms with Crippen LogP contribution in [0.25, 0.3) is 10.8 Å². The molecule has 0 N–H and O–H groups in total. The topological polar surface area (TPSA) is 72.5 Å². The summed E-state index contributed by atoms with van der Waals surface area (Å²) < 4.78 is 32.2. The Bertz CT molecular complexity index is 775. The van der Waals surface area contributed by atoms with Crippen LogP contribution in [-0.2, 0) is 23.7 Å². The van der Waals surface area contributed by atoms with Gasteiger partial charge in [-0.25, -0.2) is 4.79 Å². The summed E-state index contributed by atoms with van der Waals surface area (Å²) in [7, 11) is 1.61. The van der Waals surface area contributed by atoms with Crippen LogP contribution in [0.1, 0.15) is 6.92 Å². The summed E-state index contributed by atoms with van der Waals surface area (Å²) in [5, 5.41) is 2.02. The lowest BCUT2D eigenvalue weighted by atomic mass is 10.1. The van der Waals surface area contributed by atoms with Gasteiger partial charge in [0.15, 0.2) is 6.29 Å². The van der Waals surface area contributed by atoms with E-state index in [2.05, 4.69) is 6.58 Å². The van der Waals surface area contributed by atoms with Crippen LogP contribution >= 0.6 is 0 Å². The summed E-state index contributed by atoms with van der Waals surface area (Å²) in [6.07, 6.45) is 0.799. The molecule has 1 unspecified atom stereocenters. The Morgan fingerprint density at radius 2 is 1.76 bits per heavy atom. The molecule has 0 aliphatic carbocycles. The molecule has 0 heterocycles. The van der Waals surface area contributed by atoms with E-state index in [9.17, 15) is 4.79 Å². The average Bonchev–Trinajstić information content (AvgIpc) is 2.74. The van der Waals surface area contributed by atoms with Crippen LogP contribution in [0.2, 0.25) is 0 Å². The molecule has 0 saturated heterocycles. The van der Waals surface area contributed by atoms with Crippen molar-refractivity contribution in [3.05, 3.63) is 49.1 Å². The van der Waals surface area contributed by atoms with E-state index in [0.717, 1.165) is 28.3 Å². The van der Waals surface area contributed by atoms with Crippen molar-refractivity contribution in [3.63, 3.8) is 0 Å². The van der Waals surface area contributed by atoms with E-state index < -0.39 is 5.97 Å². The molecule has 0 radical (unpaired) electrons. The van der Waals surface area contributed by atoms with Gasteiger partial charge in [-0.2, -0.15) is 0 Å². The second-order valence-electron chi connectivity index (χ2n) is 6.01. The van der Waals surface area contributed by atoms with E-state index in [1.165, 1.54) is 0 Å². The van der Waals surface area contributed by atoms with Crippen molar-refractivity contribution in [1.29, 1.82) is 0 Å². The zero-order valence-corrected chi connectivity index (χ0v) is 16.9.